The first-order valence-electron chi connectivity index (χ1n) is 6.09. The van der Waals surface area contributed by atoms with E-state index in [0.29, 0.717) is 0 Å². The summed E-state index contributed by atoms with van der Waals surface area (Å²) in [6.07, 6.45) is 1.84. The lowest BCUT2D eigenvalue weighted by atomic mass is 10.1. The molecule has 0 atom stereocenters. The number of aromatic nitrogens is 1. The summed E-state index contributed by atoms with van der Waals surface area (Å²) in [5.74, 6) is 0. The summed E-state index contributed by atoms with van der Waals surface area (Å²) in [5.41, 5.74) is 6.35. The number of hydrogen-bond acceptors (Lipinski definition) is 5. The Balaban J connectivity index is 2.05. The number of hydrazone groups is 1. The van der Waals surface area contributed by atoms with E-state index in [2.05, 4.69) is 46.6 Å². The smallest absolute Gasteiger partial charge is 0.203 e. The van der Waals surface area contributed by atoms with Gasteiger partial charge in [-0.2, -0.15) is 5.10 Å². The lowest BCUT2D eigenvalue weighted by Gasteiger charge is -2.11. The standard InChI is InChI=1S/C14H18N4S/c1-11-10-19-14(16-11)17-15-8-12-6-4-5-7-13(12)9-18(2)3/h4-8,10H,9H2,1-3H3,(H,16,17). The van der Waals surface area contributed by atoms with Gasteiger partial charge >= 0.3 is 0 Å². The molecular weight excluding hydrogens is 256 g/mol. The predicted molar refractivity (Wildman–Crippen MR) is 81.9 cm³/mol. The van der Waals surface area contributed by atoms with E-state index in [1.54, 1.807) is 11.3 Å². The Morgan fingerprint density at radius 2 is 2.16 bits per heavy atom. The van der Waals surface area contributed by atoms with Crippen molar-refractivity contribution in [3.8, 4) is 0 Å². The van der Waals surface area contributed by atoms with E-state index in [9.17, 15) is 0 Å². The van der Waals surface area contributed by atoms with Gasteiger partial charge in [0, 0.05) is 11.9 Å². The zero-order valence-corrected chi connectivity index (χ0v) is 12.2. The maximum Gasteiger partial charge on any atom is 0.203 e. The highest BCUT2D eigenvalue weighted by atomic mass is 32.1. The molecule has 0 spiro atoms. The van der Waals surface area contributed by atoms with Crippen LogP contribution in [0.1, 0.15) is 16.8 Å². The molecule has 0 aliphatic rings. The van der Waals surface area contributed by atoms with E-state index in [0.717, 1.165) is 22.9 Å². The molecule has 4 nitrogen and oxygen atoms in total. The van der Waals surface area contributed by atoms with Gasteiger partial charge in [-0.05, 0) is 32.1 Å². The van der Waals surface area contributed by atoms with Crippen LogP contribution in [-0.4, -0.2) is 30.2 Å². The van der Waals surface area contributed by atoms with Gasteiger partial charge in [0.2, 0.25) is 5.13 Å². The first-order chi connectivity index (χ1) is 9.15. The molecule has 0 amide bonds. The number of nitrogens with zero attached hydrogens (tertiary/aromatic N) is 3. The number of hydrogen-bond donors (Lipinski definition) is 1. The monoisotopic (exact) mass is 274 g/mol. The van der Waals surface area contributed by atoms with Crippen molar-refractivity contribution in [3.05, 3.63) is 46.5 Å². The number of anilines is 1. The lowest BCUT2D eigenvalue weighted by molar-refractivity contribution is 0.402. The highest BCUT2D eigenvalue weighted by molar-refractivity contribution is 7.13. The third-order valence-corrected chi connectivity index (χ3v) is 3.39. The minimum atomic E-state index is 0.818. The molecule has 1 aromatic heterocycles. The third-order valence-electron chi connectivity index (χ3n) is 2.52. The Bertz CT molecular complexity index is 560. The molecule has 1 heterocycles. The molecular formula is C14H18N4S. The molecule has 2 rings (SSSR count). The second-order valence-electron chi connectivity index (χ2n) is 4.60. The zero-order chi connectivity index (χ0) is 13.7. The first kappa shape index (κ1) is 13.7. The van der Waals surface area contributed by atoms with Crippen molar-refractivity contribution in [2.75, 3.05) is 19.5 Å². The lowest BCUT2D eigenvalue weighted by Crippen LogP contribution is -2.12. The average Bonchev–Trinajstić information content (AvgIpc) is 2.77. The van der Waals surface area contributed by atoms with E-state index in [-0.39, 0.29) is 0 Å². The molecule has 1 N–H and O–H groups in total. The quantitative estimate of drug-likeness (QED) is 0.673. The van der Waals surface area contributed by atoms with E-state index >= 15 is 0 Å². The van der Waals surface area contributed by atoms with Crippen molar-refractivity contribution in [1.82, 2.24) is 9.88 Å². The van der Waals surface area contributed by atoms with Gasteiger partial charge in [-0.1, -0.05) is 24.3 Å². The Hall–Kier alpha value is -1.72. The van der Waals surface area contributed by atoms with Crippen LogP contribution in [0.4, 0.5) is 5.13 Å². The maximum absolute atomic E-state index is 4.30. The van der Waals surface area contributed by atoms with Crippen LogP contribution in [-0.2, 0) is 6.54 Å². The first-order valence-corrected chi connectivity index (χ1v) is 6.97. The molecule has 0 aliphatic heterocycles. The molecule has 1 aromatic carbocycles. The van der Waals surface area contributed by atoms with E-state index in [1.807, 2.05) is 30.7 Å². The Kier molecular flexibility index (Phi) is 4.65. The Morgan fingerprint density at radius 1 is 1.37 bits per heavy atom. The molecule has 0 saturated carbocycles. The topological polar surface area (TPSA) is 40.5 Å². The summed E-state index contributed by atoms with van der Waals surface area (Å²) < 4.78 is 0. The molecule has 19 heavy (non-hydrogen) atoms. The maximum atomic E-state index is 4.30. The number of benzene rings is 1. The van der Waals surface area contributed by atoms with Crippen LogP contribution < -0.4 is 5.43 Å². The predicted octanol–water partition coefficient (Wildman–Crippen LogP) is 2.96. The molecule has 0 unspecified atom stereocenters. The minimum absolute atomic E-state index is 0.818. The molecule has 0 saturated heterocycles. The van der Waals surface area contributed by atoms with Gasteiger partial charge in [-0.15, -0.1) is 11.3 Å². The SMILES string of the molecule is Cc1csc(NN=Cc2ccccc2CN(C)C)n1. The van der Waals surface area contributed by atoms with E-state index in [4.69, 9.17) is 0 Å². The van der Waals surface area contributed by atoms with Gasteiger partial charge in [-0.25, -0.2) is 4.98 Å². The summed E-state index contributed by atoms with van der Waals surface area (Å²) in [4.78, 5) is 6.44. The van der Waals surface area contributed by atoms with Gasteiger partial charge in [0.1, 0.15) is 0 Å². The second-order valence-corrected chi connectivity index (χ2v) is 5.46. The van der Waals surface area contributed by atoms with Crippen molar-refractivity contribution in [1.29, 1.82) is 0 Å². The van der Waals surface area contributed by atoms with E-state index in [1.165, 1.54) is 5.56 Å². The molecule has 0 radical (unpaired) electrons. The number of thiazole rings is 1. The molecule has 0 bridgehead atoms. The fourth-order valence-electron chi connectivity index (χ4n) is 1.71. The summed E-state index contributed by atoms with van der Waals surface area (Å²) in [5, 5.41) is 7.06. The van der Waals surface area contributed by atoms with Crippen LogP contribution in [0, 0.1) is 6.92 Å². The molecule has 0 aliphatic carbocycles. The second kappa shape index (κ2) is 6.45. The molecule has 2 aromatic rings. The van der Waals surface area contributed by atoms with Crippen LogP contribution >= 0.6 is 11.3 Å². The van der Waals surface area contributed by atoms with Gasteiger partial charge in [-0.3, -0.25) is 5.43 Å². The summed E-state index contributed by atoms with van der Waals surface area (Å²) in [6.45, 7) is 2.87. The molecule has 0 fully saturated rings. The zero-order valence-electron chi connectivity index (χ0n) is 11.4. The summed E-state index contributed by atoms with van der Waals surface area (Å²) in [7, 11) is 4.12. The van der Waals surface area contributed by atoms with E-state index < -0.39 is 0 Å². The van der Waals surface area contributed by atoms with Crippen LogP contribution in [0.2, 0.25) is 0 Å². The minimum Gasteiger partial charge on any atom is -0.305 e. The van der Waals surface area contributed by atoms with Gasteiger partial charge in [0.25, 0.3) is 0 Å². The fraction of sp³-hybridized carbons (Fsp3) is 0.286. The fourth-order valence-corrected chi connectivity index (χ4v) is 2.34. The number of nitrogens with one attached hydrogen (secondary N) is 1. The molecule has 5 heteroatoms. The van der Waals surface area contributed by atoms with Crippen LogP contribution in [0.5, 0.6) is 0 Å². The van der Waals surface area contributed by atoms with Crippen molar-refractivity contribution in [2.45, 2.75) is 13.5 Å². The third kappa shape index (κ3) is 4.15. The van der Waals surface area contributed by atoms with Crippen molar-refractivity contribution < 1.29 is 0 Å². The van der Waals surface area contributed by atoms with Crippen LogP contribution in [0.3, 0.4) is 0 Å². The Morgan fingerprint density at radius 3 is 2.84 bits per heavy atom. The Labute approximate surface area is 117 Å². The normalized spacial score (nSPS) is 11.4. The summed E-state index contributed by atoms with van der Waals surface area (Å²) >= 11 is 1.56. The van der Waals surface area contributed by atoms with Crippen LogP contribution in [0.15, 0.2) is 34.7 Å². The van der Waals surface area contributed by atoms with Gasteiger partial charge in [0.05, 0.1) is 11.9 Å². The van der Waals surface area contributed by atoms with Crippen molar-refractivity contribution >= 4 is 22.7 Å². The average molecular weight is 274 g/mol. The highest BCUT2D eigenvalue weighted by Gasteiger charge is 2.00. The molecule has 100 valence electrons. The van der Waals surface area contributed by atoms with Gasteiger partial charge < -0.3 is 4.90 Å². The number of aryl methyl sites for hydroxylation is 1. The summed E-state index contributed by atoms with van der Waals surface area (Å²) in [6, 6.07) is 8.26. The van der Waals surface area contributed by atoms with Crippen molar-refractivity contribution in [2.24, 2.45) is 5.10 Å². The van der Waals surface area contributed by atoms with Crippen LogP contribution in [0.25, 0.3) is 0 Å². The highest BCUT2D eigenvalue weighted by Crippen LogP contribution is 2.14. The largest absolute Gasteiger partial charge is 0.305 e. The number of rotatable bonds is 5. The van der Waals surface area contributed by atoms with Crippen molar-refractivity contribution in [3.63, 3.8) is 0 Å². The van der Waals surface area contributed by atoms with Gasteiger partial charge in [0.15, 0.2) is 0 Å².